The van der Waals surface area contributed by atoms with Gasteiger partial charge in [-0.1, -0.05) is 30.3 Å². The van der Waals surface area contributed by atoms with Crippen LogP contribution in [0.3, 0.4) is 0 Å². The third-order valence-corrected chi connectivity index (χ3v) is 5.08. The summed E-state index contributed by atoms with van der Waals surface area (Å²) in [5.41, 5.74) is 2.81. The predicted octanol–water partition coefficient (Wildman–Crippen LogP) is 4.50. The Hall–Kier alpha value is -2.79. The second kappa shape index (κ2) is 8.07. The summed E-state index contributed by atoms with van der Waals surface area (Å²) >= 11 is 0. The molecule has 144 valence electrons. The second-order valence-corrected chi connectivity index (χ2v) is 7.28. The molecule has 0 spiro atoms. The number of carbonyl (C=O) groups excluding carboxylic acids is 1. The molecule has 1 saturated heterocycles. The van der Waals surface area contributed by atoms with E-state index in [-0.39, 0.29) is 17.8 Å². The van der Waals surface area contributed by atoms with Crippen molar-refractivity contribution in [2.24, 2.45) is 0 Å². The van der Waals surface area contributed by atoms with Crippen molar-refractivity contribution in [3.8, 4) is 0 Å². The maximum absolute atomic E-state index is 13.7. The minimum Gasteiger partial charge on any atom is -0.376 e. The number of hydrogen-bond acceptors (Lipinski definition) is 3. The molecule has 4 nitrogen and oxygen atoms in total. The molecule has 1 unspecified atom stereocenters. The van der Waals surface area contributed by atoms with Crippen molar-refractivity contribution in [3.63, 3.8) is 0 Å². The molecular weight excluding hydrogens is 355 g/mol. The van der Waals surface area contributed by atoms with E-state index in [2.05, 4.69) is 4.98 Å². The lowest BCUT2D eigenvalue weighted by molar-refractivity contribution is 0.0508. The average molecular weight is 378 g/mol. The van der Waals surface area contributed by atoms with Gasteiger partial charge in [0.1, 0.15) is 5.82 Å². The molecule has 28 heavy (non-hydrogen) atoms. The van der Waals surface area contributed by atoms with Crippen LogP contribution in [0.5, 0.6) is 0 Å². The lowest BCUT2D eigenvalue weighted by Crippen LogP contribution is -2.37. The molecule has 3 aromatic rings. The number of carbonyl (C=O) groups is 1. The molecule has 0 aliphatic carbocycles. The molecule has 1 aliphatic heterocycles. The van der Waals surface area contributed by atoms with Crippen LogP contribution in [0.15, 0.2) is 54.6 Å². The van der Waals surface area contributed by atoms with Crippen molar-refractivity contribution >= 4 is 16.8 Å². The van der Waals surface area contributed by atoms with Gasteiger partial charge in [-0.25, -0.2) is 4.39 Å². The number of halogens is 1. The van der Waals surface area contributed by atoms with Crippen LogP contribution in [0.4, 0.5) is 4.39 Å². The SMILES string of the molecule is Cc1cc(C(=O)N(Cc2ccccc2)CC2CCCO2)c2ccc(F)cc2n1. The predicted molar refractivity (Wildman–Crippen MR) is 107 cm³/mol. The van der Waals surface area contributed by atoms with Crippen LogP contribution < -0.4 is 0 Å². The van der Waals surface area contributed by atoms with Crippen LogP contribution >= 0.6 is 0 Å². The second-order valence-electron chi connectivity index (χ2n) is 7.28. The minimum absolute atomic E-state index is 0.0549. The number of rotatable bonds is 5. The molecule has 1 amide bonds. The number of fused-ring (bicyclic) bond motifs is 1. The first-order valence-electron chi connectivity index (χ1n) is 9.62. The smallest absolute Gasteiger partial charge is 0.254 e. The molecule has 0 bridgehead atoms. The highest BCUT2D eigenvalue weighted by atomic mass is 19.1. The van der Waals surface area contributed by atoms with E-state index >= 15 is 0 Å². The van der Waals surface area contributed by atoms with E-state index in [0.717, 1.165) is 25.0 Å². The molecule has 0 N–H and O–H groups in total. The van der Waals surface area contributed by atoms with E-state index in [4.69, 9.17) is 4.74 Å². The number of pyridine rings is 1. The number of ether oxygens (including phenoxy) is 1. The normalized spacial score (nSPS) is 16.4. The average Bonchev–Trinajstić information content (AvgIpc) is 3.20. The largest absolute Gasteiger partial charge is 0.376 e. The van der Waals surface area contributed by atoms with E-state index in [9.17, 15) is 9.18 Å². The maximum atomic E-state index is 13.7. The molecule has 2 aromatic carbocycles. The summed E-state index contributed by atoms with van der Waals surface area (Å²) in [5, 5.41) is 0.669. The summed E-state index contributed by atoms with van der Waals surface area (Å²) in [4.78, 5) is 19.8. The van der Waals surface area contributed by atoms with Gasteiger partial charge in [0.15, 0.2) is 0 Å². The number of amides is 1. The van der Waals surface area contributed by atoms with Crippen molar-refractivity contribution in [1.29, 1.82) is 0 Å². The third kappa shape index (κ3) is 4.04. The zero-order valence-electron chi connectivity index (χ0n) is 15.9. The Labute approximate surface area is 164 Å². The topological polar surface area (TPSA) is 42.4 Å². The van der Waals surface area contributed by atoms with E-state index in [1.807, 2.05) is 42.2 Å². The van der Waals surface area contributed by atoms with Gasteiger partial charge in [0.05, 0.1) is 17.2 Å². The lowest BCUT2D eigenvalue weighted by Gasteiger charge is -2.26. The van der Waals surface area contributed by atoms with Gasteiger partial charge in [-0.05, 0) is 43.5 Å². The van der Waals surface area contributed by atoms with Gasteiger partial charge in [-0.15, -0.1) is 0 Å². The first-order valence-corrected chi connectivity index (χ1v) is 9.62. The van der Waals surface area contributed by atoms with Crippen molar-refractivity contribution in [2.45, 2.75) is 32.4 Å². The fourth-order valence-corrected chi connectivity index (χ4v) is 3.74. The summed E-state index contributed by atoms with van der Waals surface area (Å²) in [6.45, 7) is 3.61. The molecule has 2 heterocycles. The molecule has 1 fully saturated rings. The molecule has 1 atom stereocenters. The van der Waals surface area contributed by atoms with Crippen molar-refractivity contribution < 1.29 is 13.9 Å². The van der Waals surface area contributed by atoms with Crippen molar-refractivity contribution in [1.82, 2.24) is 9.88 Å². The van der Waals surface area contributed by atoms with Crippen LogP contribution in [0.2, 0.25) is 0 Å². The Kier molecular flexibility index (Phi) is 5.35. The highest BCUT2D eigenvalue weighted by Crippen LogP contribution is 2.23. The molecule has 4 rings (SSSR count). The first kappa shape index (κ1) is 18.6. The van der Waals surface area contributed by atoms with Crippen LogP contribution in [-0.2, 0) is 11.3 Å². The first-order chi connectivity index (χ1) is 13.6. The minimum atomic E-state index is -0.357. The van der Waals surface area contributed by atoms with Crippen LogP contribution in [0.25, 0.3) is 10.9 Å². The summed E-state index contributed by atoms with van der Waals surface area (Å²) < 4.78 is 19.4. The highest BCUT2D eigenvalue weighted by Gasteiger charge is 2.25. The van der Waals surface area contributed by atoms with Gasteiger partial charge >= 0.3 is 0 Å². The fourth-order valence-electron chi connectivity index (χ4n) is 3.74. The fraction of sp³-hybridized carbons (Fsp3) is 0.304. The van der Waals surface area contributed by atoms with Gasteiger partial charge < -0.3 is 9.64 Å². The van der Waals surface area contributed by atoms with E-state index in [1.54, 1.807) is 12.1 Å². The highest BCUT2D eigenvalue weighted by molar-refractivity contribution is 6.06. The van der Waals surface area contributed by atoms with Gasteiger partial charge in [-0.3, -0.25) is 9.78 Å². The molecular formula is C23H23FN2O2. The Morgan fingerprint density at radius 1 is 1.21 bits per heavy atom. The Morgan fingerprint density at radius 2 is 2.04 bits per heavy atom. The quantitative estimate of drug-likeness (QED) is 0.656. The van der Waals surface area contributed by atoms with Gasteiger partial charge in [0, 0.05) is 36.8 Å². The zero-order chi connectivity index (χ0) is 19.5. The number of aromatic nitrogens is 1. The van der Waals surface area contributed by atoms with E-state index < -0.39 is 0 Å². The van der Waals surface area contributed by atoms with E-state index in [0.29, 0.717) is 35.2 Å². The zero-order valence-corrected chi connectivity index (χ0v) is 15.9. The maximum Gasteiger partial charge on any atom is 0.254 e. The van der Waals surface area contributed by atoms with Crippen LogP contribution in [0.1, 0.15) is 34.5 Å². The number of benzene rings is 2. The third-order valence-electron chi connectivity index (χ3n) is 5.08. The standard InChI is InChI=1S/C23H23FN2O2/c1-16-12-21(20-10-9-18(24)13-22(20)25-16)23(27)26(15-19-8-5-11-28-19)14-17-6-3-2-4-7-17/h2-4,6-7,9-10,12-13,19H,5,8,11,14-15H2,1H3. The van der Waals surface area contributed by atoms with Gasteiger partial charge in [0.2, 0.25) is 0 Å². The Balaban J connectivity index is 1.71. The van der Waals surface area contributed by atoms with E-state index in [1.165, 1.54) is 12.1 Å². The van der Waals surface area contributed by atoms with Crippen LogP contribution in [0, 0.1) is 12.7 Å². The van der Waals surface area contributed by atoms with Gasteiger partial charge in [0.25, 0.3) is 5.91 Å². The Morgan fingerprint density at radius 3 is 2.79 bits per heavy atom. The molecule has 1 aromatic heterocycles. The molecule has 5 heteroatoms. The van der Waals surface area contributed by atoms with Gasteiger partial charge in [-0.2, -0.15) is 0 Å². The summed E-state index contributed by atoms with van der Waals surface area (Å²) in [6.07, 6.45) is 2.04. The monoisotopic (exact) mass is 378 g/mol. The van der Waals surface area contributed by atoms with Crippen molar-refractivity contribution in [2.75, 3.05) is 13.2 Å². The number of hydrogen-bond donors (Lipinski definition) is 0. The molecule has 0 radical (unpaired) electrons. The number of aryl methyl sites for hydroxylation is 1. The Bertz CT molecular complexity index is 979. The molecule has 1 aliphatic rings. The summed E-state index contributed by atoms with van der Waals surface area (Å²) in [5.74, 6) is -0.439. The number of nitrogens with zero attached hydrogens (tertiary/aromatic N) is 2. The summed E-state index contributed by atoms with van der Waals surface area (Å²) in [6, 6.07) is 16.1. The summed E-state index contributed by atoms with van der Waals surface area (Å²) in [7, 11) is 0. The lowest BCUT2D eigenvalue weighted by atomic mass is 10.1. The molecule has 0 saturated carbocycles. The van der Waals surface area contributed by atoms with Crippen LogP contribution in [-0.4, -0.2) is 35.0 Å². The van der Waals surface area contributed by atoms with Crippen molar-refractivity contribution in [3.05, 3.63) is 77.2 Å².